The van der Waals surface area contributed by atoms with Crippen molar-refractivity contribution in [1.29, 1.82) is 0 Å². The van der Waals surface area contributed by atoms with Gasteiger partial charge in [-0.2, -0.15) is 0 Å². The third kappa shape index (κ3) is 8.17. The summed E-state index contributed by atoms with van der Waals surface area (Å²) in [6.07, 6.45) is 0. The van der Waals surface area contributed by atoms with E-state index in [-0.39, 0.29) is 24.0 Å². The van der Waals surface area contributed by atoms with E-state index >= 15 is 0 Å². The standard InChI is InChI=1S/C20H32N6O2.HI/c1-6-21-20(23-14-19-25-24-16(4)26(19)5)22-13-17-9-8-15(3)12-18(17)28-11-10-27-7-2;/h8-9,12H,6-7,10-11,13-14H2,1-5H3,(H2,21,22,23);1H. The maximum Gasteiger partial charge on any atom is 0.191 e. The van der Waals surface area contributed by atoms with E-state index in [0.29, 0.717) is 32.9 Å². The number of ether oxygens (including phenoxy) is 2. The largest absolute Gasteiger partial charge is 0.491 e. The lowest BCUT2D eigenvalue weighted by molar-refractivity contribution is 0.110. The predicted molar refractivity (Wildman–Crippen MR) is 126 cm³/mol. The van der Waals surface area contributed by atoms with Gasteiger partial charge in [-0.25, -0.2) is 4.99 Å². The molecule has 0 unspecified atom stereocenters. The lowest BCUT2D eigenvalue weighted by atomic mass is 10.1. The number of hydrogen-bond acceptors (Lipinski definition) is 5. The van der Waals surface area contributed by atoms with E-state index < -0.39 is 0 Å². The van der Waals surface area contributed by atoms with Crippen LogP contribution in [0.5, 0.6) is 5.75 Å². The van der Waals surface area contributed by atoms with Gasteiger partial charge in [0, 0.05) is 25.8 Å². The van der Waals surface area contributed by atoms with Crippen LogP contribution in [0, 0.1) is 13.8 Å². The van der Waals surface area contributed by atoms with Crippen LogP contribution < -0.4 is 15.4 Å². The molecule has 0 saturated heterocycles. The number of benzene rings is 1. The molecule has 0 aliphatic heterocycles. The van der Waals surface area contributed by atoms with Crippen LogP contribution in [0.25, 0.3) is 0 Å². The van der Waals surface area contributed by atoms with Crippen LogP contribution in [0.15, 0.2) is 23.2 Å². The fourth-order valence-electron chi connectivity index (χ4n) is 2.56. The number of aryl methyl sites for hydroxylation is 2. The Hall–Kier alpha value is -1.88. The molecule has 1 heterocycles. The first-order valence-corrected chi connectivity index (χ1v) is 9.72. The van der Waals surface area contributed by atoms with Crippen molar-refractivity contribution < 1.29 is 9.47 Å². The van der Waals surface area contributed by atoms with Crippen molar-refractivity contribution in [3.63, 3.8) is 0 Å². The maximum atomic E-state index is 5.90. The number of hydrogen-bond donors (Lipinski definition) is 2. The van der Waals surface area contributed by atoms with Crippen LogP contribution in [0.4, 0.5) is 0 Å². The Kier molecular flexibility index (Phi) is 11.6. The van der Waals surface area contributed by atoms with Gasteiger partial charge in [-0.1, -0.05) is 12.1 Å². The average molecular weight is 516 g/mol. The SMILES string of the molecule is CCNC(=NCc1ccc(C)cc1OCCOCC)NCc1nnc(C)n1C.I. The van der Waals surface area contributed by atoms with Gasteiger partial charge >= 0.3 is 0 Å². The summed E-state index contributed by atoms with van der Waals surface area (Å²) in [4.78, 5) is 4.70. The highest BCUT2D eigenvalue weighted by Crippen LogP contribution is 2.21. The fraction of sp³-hybridized carbons (Fsp3) is 0.550. The van der Waals surface area contributed by atoms with Gasteiger partial charge in [-0.15, -0.1) is 34.2 Å². The van der Waals surface area contributed by atoms with Crippen molar-refractivity contribution in [2.24, 2.45) is 12.0 Å². The summed E-state index contributed by atoms with van der Waals surface area (Å²) in [5, 5.41) is 14.8. The van der Waals surface area contributed by atoms with E-state index in [0.717, 1.165) is 41.0 Å². The maximum absolute atomic E-state index is 5.90. The van der Waals surface area contributed by atoms with E-state index in [1.807, 2.05) is 38.5 Å². The van der Waals surface area contributed by atoms with E-state index in [1.54, 1.807) is 0 Å². The second kappa shape index (κ2) is 13.4. The average Bonchev–Trinajstić information content (AvgIpc) is 3.00. The summed E-state index contributed by atoms with van der Waals surface area (Å²) in [6, 6.07) is 6.17. The molecule has 0 aliphatic rings. The zero-order valence-corrected chi connectivity index (χ0v) is 20.3. The van der Waals surface area contributed by atoms with Crippen molar-refractivity contribution in [3.8, 4) is 5.75 Å². The van der Waals surface area contributed by atoms with Gasteiger partial charge in [0.1, 0.15) is 18.2 Å². The fourth-order valence-corrected chi connectivity index (χ4v) is 2.56. The Morgan fingerprint density at radius 3 is 2.59 bits per heavy atom. The van der Waals surface area contributed by atoms with Gasteiger partial charge in [0.05, 0.1) is 19.7 Å². The first-order chi connectivity index (χ1) is 13.5. The van der Waals surface area contributed by atoms with Crippen LogP contribution in [-0.4, -0.2) is 47.1 Å². The zero-order chi connectivity index (χ0) is 20.4. The van der Waals surface area contributed by atoms with Gasteiger partial charge in [0.2, 0.25) is 0 Å². The Morgan fingerprint density at radius 1 is 1.14 bits per heavy atom. The molecule has 0 radical (unpaired) electrons. The summed E-state index contributed by atoms with van der Waals surface area (Å²) in [7, 11) is 1.95. The van der Waals surface area contributed by atoms with Crippen molar-refractivity contribution in [3.05, 3.63) is 41.0 Å². The molecule has 0 amide bonds. The molecule has 1 aromatic heterocycles. The van der Waals surface area contributed by atoms with E-state index in [1.165, 1.54) is 0 Å². The summed E-state index contributed by atoms with van der Waals surface area (Å²) in [5.41, 5.74) is 2.19. The summed E-state index contributed by atoms with van der Waals surface area (Å²) in [6.45, 7) is 11.6. The molecule has 0 spiro atoms. The van der Waals surface area contributed by atoms with Crippen LogP contribution in [0.1, 0.15) is 36.6 Å². The molecule has 1 aromatic carbocycles. The third-order valence-corrected chi connectivity index (χ3v) is 4.26. The monoisotopic (exact) mass is 516 g/mol. The zero-order valence-electron chi connectivity index (χ0n) is 18.0. The van der Waals surface area contributed by atoms with Gasteiger partial charge in [-0.05, 0) is 39.3 Å². The lowest BCUT2D eigenvalue weighted by Gasteiger charge is -2.13. The molecule has 0 bridgehead atoms. The Labute approximate surface area is 190 Å². The quantitative estimate of drug-likeness (QED) is 0.219. The van der Waals surface area contributed by atoms with Crippen molar-refractivity contribution in [2.75, 3.05) is 26.4 Å². The lowest BCUT2D eigenvalue weighted by Crippen LogP contribution is -2.37. The molecule has 0 aliphatic carbocycles. The molecule has 0 atom stereocenters. The number of nitrogens with one attached hydrogen (secondary N) is 2. The van der Waals surface area contributed by atoms with Crippen LogP contribution in [-0.2, 0) is 24.9 Å². The number of halogens is 1. The highest BCUT2D eigenvalue weighted by Gasteiger charge is 2.08. The molecule has 8 nitrogen and oxygen atoms in total. The molecule has 2 rings (SSSR count). The van der Waals surface area contributed by atoms with Crippen LogP contribution in [0.3, 0.4) is 0 Å². The normalized spacial score (nSPS) is 11.1. The number of rotatable bonds is 10. The third-order valence-electron chi connectivity index (χ3n) is 4.26. The van der Waals surface area contributed by atoms with Crippen LogP contribution in [0.2, 0.25) is 0 Å². The van der Waals surface area contributed by atoms with E-state index in [9.17, 15) is 0 Å². The minimum absolute atomic E-state index is 0. The second-order valence-electron chi connectivity index (χ2n) is 6.43. The summed E-state index contributed by atoms with van der Waals surface area (Å²) in [5.74, 6) is 3.32. The van der Waals surface area contributed by atoms with Gasteiger partial charge in [0.15, 0.2) is 11.8 Å². The molecule has 162 valence electrons. The molecule has 2 aromatic rings. The topological polar surface area (TPSA) is 85.6 Å². The predicted octanol–water partition coefficient (Wildman–Crippen LogP) is 2.72. The Balaban J connectivity index is 0.00000420. The summed E-state index contributed by atoms with van der Waals surface area (Å²) < 4.78 is 13.2. The number of nitrogens with zero attached hydrogens (tertiary/aromatic N) is 4. The molecule has 0 saturated carbocycles. The minimum Gasteiger partial charge on any atom is -0.491 e. The van der Waals surface area contributed by atoms with E-state index in [2.05, 4.69) is 39.9 Å². The van der Waals surface area contributed by atoms with Gasteiger partial charge in [-0.3, -0.25) is 0 Å². The molecule has 2 N–H and O–H groups in total. The second-order valence-corrected chi connectivity index (χ2v) is 6.43. The minimum atomic E-state index is 0. The van der Waals surface area contributed by atoms with E-state index in [4.69, 9.17) is 14.5 Å². The molecule has 29 heavy (non-hydrogen) atoms. The van der Waals surface area contributed by atoms with Crippen molar-refractivity contribution in [2.45, 2.75) is 40.8 Å². The number of aromatic nitrogens is 3. The highest BCUT2D eigenvalue weighted by molar-refractivity contribution is 14.0. The highest BCUT2D eigenvalue weighted by atomic mass is 127. The molecule has 0 fully saturated rings. The van der Waals surface area contributed by atoms with Crippen molar-refractivity contribution in [1.82, 2.24) is 25.4 Å². The molecular formula is C20H33IN6O2. The van der Waals surface area contributed by atoms with Gasteiger partial charge < -0.3 is 24.7 Å². The Morgan fingerprint density at radius 2 is 1.93 bits per heavy atom. The molecule has 9 heteroatoms. The van der Waals surface area contributed by atoms with Crippen LogP contribution >= 0.6 is 24.0 Å². The summed E-state index contributed by atoms with van der Waals surface area (Å²) >= 11 is 0. The first-order valence-electron chi connectivity index (χ1n) is 9.72. The van der Waals surface area contributed by atoms with Crippen molar-refractivity contribution >= 4 is 29.9 Å². The number of guanidine groups is 1. The smallest absolute Gasteiger partial charge is 0.191 e. The first kappa shape index (κ1) is 25.2. The van der Waals surface area contributed by atoms with Gasteiger partial charge in [0.25, 0.3) is 0 Å². The Bertz CT molecular complexity index is 778. The molecular weight excluding hydrogens is 483 g/mol. The number of aliphatic imine (C=N–C) groups is 1.